The number of halogens is 1. The van der Waals surface area contributed by atoms with Gasteiger partial charge in [-0.25, -0.2) is 0 Å². The van der Waals surface area contributed by atoms with Gasteiger partial charge < -0.3 is 0 Å². The molecule has 1 aliphatic rings. The molecule has 0 N–H and O–H groups in total. The molecule has 1 atom stereocenters. The van der Waals surface area contributed by atoms with Crippen LogP contribution in [0.3, 0.4) is 0 Å². The third-order valence-electron chi connectivity index (χ3n) is 2.81. The van der Waals surface area contributed by atoms with Gasteiger partial charge in [0.05, 0.1) is 0 Å². The van der Waals surface area contributed by atoms with Crippen LogP contribution in [0.4, 0.5) is 0 Å². The summed E-state index contributed by atoms with van der Waals surface area (Å²) in [5.74, 6) is 0.944. The SMILES string of the molecule is Cc1ccccc1CC(Br)C1CC1. The maximum atomic E-state index is 3.78. The number of hydrogen-bond donors (Lipinski definition) is 0. The minimum Gasteiger partial charge on any atom is -0.0884 e. The largest absolute Gasteiger partial charge is 0.0884 e. The molecule has 0 spiro atoms. The lowest BCUT2D eigenvalue weighted by Crippen LogP contribution is -2.05. The van der Waals surface area contributed by atoms with E-state index in [9.17, 15) is 0 Å². The average molecular weight is 239 g/mol. The van der Waals surface area contributed by atoms with Crippen LogP contribution in [-0.2, 0) is 6.42 Å². The normalized spacial score (nSPS) is 18.6. The first-order chi connectivity index (χ1) is 6.27. The van der Waals surface area contributed by atoms with E-state index in [1.54, 1.807) is 0 Å². The van der Waals surface area contributed by atoms with E-state index in [2.05, 4.69) is 47.1 Å². The second-order valence-electron chi connectivity index (χ2n) is 3.98. The molecule has 0 aromatic heterocycles. The smallest absolute Gasteiger partial charge is 0.0214 e. The number of rotatable bonds is 3. The Morgan fingerprint density at radius 2 is 2.08 bits per heavy atom. The predicted octanol–water partition coefficient (Wildman–Crippen LogP) is 3.71. The average Bonchev–Trinajstić information content (AvgIpc) is 2.91. The molecular formula is C12H15Br. The van der Waals surface area contributed by atoms with Crippen molar-refractivity contribution in [2.45, 2.75) is 31.0 Å². The highest BCUT2D eigenvalue weighted by atomic mass is 79.9. The zero-order valence-electron chi connectivity index (χ0n) is 7.96. The molecule has 2 rings (SSSR count). The molecule has 0 amide bonds. The molecule has 70 valence electrons. The zero-order chi connectivity index (χ0) is 9.26. The van der Waals surface area contributed by atoms with E-state index in [0.29, 0.717) is 4.83 Å². The van der Waals surface area contributed by atoms with Crippen LogP contribution < -0.4 is 0 Å². The third kappa shape index (κ3) is 2.34. The molecule has 1 fully saturated rings. The molecule has 13 heavy (non-hydrogen) atoms. The molecule has 0 saturated heterocycles. The molecule has 1 saturated carbocycles. The summed E-state index contributed by atoms with van der Waals surface area (Å²) in [5.41, 5.74) is 2.92. The van der Waals surface area contributed by atoms with Gasteiger partial charge in [-0.3, -0.25) is 0 Å². The second-order valence-corrected chi connectivity index (χ2v) is 5.16. The van der Waals surface area contributed by atoms with E-state index in [-0.39, 0.29) is 0 Å². The minimum absolute atomic E-state index is 0.702. The molecule has 1 unspecified atom stereocenters. The molecule has 0 heterocycles. The van der Waals surface area contributed by atoms with Crippen molar-refractivity contribution in [1.82, 2.24) is 0 Å². The van der Waals surface area contributed by atoms with Crippen LogP contribution in [0, 0.1) is 12.8 Å². The molecule has 1 aromatic carbocycles. The third-order valence-corrected chi connectivity index (χ3v) is 3.88. The van der Waals surface area contributed by atoms with Gasteiger partial charge in [0.2, 0.25) is 0 Å². The Kier molecular flexibility index (Phi) is 2.73. The maximum Gasteiger partial charge on any atom is 0.0214 e. The Morgan fingerprint density at radius 1 is 1.38 bits per heavy atom. The van der Waals surface area contributed by atoms with Gasteiger partial charge >= 0.3 is 0 Å². The summed E-state index contributed by atoms with van der Waals surface area (Å²) < 4.78 is 0. The first kappa shape index (κ1) is 9.26. The fourth-order valence-electron chi connectivity index (χ4n) is 1.67. The number of aryl methyl sites for hydroxylation is 1. The molecule has 1 heteroatoms. The van der Waals surface area contributed by atoms with Gasteiger partial charge in [0.1, 0.15) is 0 Å². The quantitative estimate of drug-likeness (QED) is 0.705. The fourth-order valence-corrected chi connectivity index (χ4v) is 2.55. The van der Waals surface area contributed by atoms with Crippen LogP contribution >= 0.6 is 15.9 Å². The molecule has 0 nitrogen and oxygen atoms in total. The van der Waals surface area contributed by atoms with Crippen molar-refractivity contribution in [3.8, 4) is 0 Å². The highest BCUT2D eigenvalue weighted by Gasteiger charge is 2.29. The van der Waals surface area contributed by atoms with Gasteiger partial charge in [0, 0.05) is 4.83 Å². The first-order valence-electron chi connectivity index (χ1n) is 4.96. The lowest BCUT2D eigenvalue weighted by molar-refractivity contribution is 0.758. The molecular weight excluding hydrogens is 224 g/mol. The van der Waals surface area contributed by atoms with E-state index < -0.39 is 0 Å². The highest BCUT2D eigenvalue weighted by Crippen LogP contribution is 2.38. The number of benzene rings is 1. The molecule has 0 bridgehead atoms. The monoisotopic (exact) mass is 238 g/mol. The summed E-state index contributed by atoms with van der Waals surface area (Å²) in [6, 6.07) is 8.68. The maximum absolute atomic E-state index is 3.78. The van der Waals surface area contributed by atoms with E-state index in [1.807, 2.05) is 0 Å². The zero-order valence-corrected chi connectivity index (χ0v) is 9.55. The van der Waals surface area contributed by atoms with Crippen molar-refractivity contribution in [3.63, 3.8) is 0 Å². The van der Waals surface area contributed by atoms with Gasteiger partial charge in [-0.2, -0.15) is 0 Å². The molecule has 0 aliphatic heterocycles. The van der Waals surface area contributed by atoms with Crippen molar-refractivity contribution in [1.29, 1.82) is 0 Å². The minimum atomic E-state index is 0.702. The summed E-state index contributed by atoms with van der Waals surface area (Å²) in [6.07, 6.45) is 4.03. The van der Waals surface area contributed by atoms with Gasteiger partial charge in [-0.05, 0) is 43.2 Å². The van der Waals surface area contributed by atoms with E-state index in [1.165, 1.54) is 30.4 Å². The first-order valence-corrected chi connectivity index (χ1v) is 5.87. The Bertz CT molecular complexity index is 289. The summed E-state index contributed by atoms with van der Waals surface area (Å²) >= 11 is 3.78. The van der Waals surface area contributed by atoms with E-state index >= 15 is 0 Å². The topological polar surface area (TPSA) is 0 Å². The van der Waals surface area contributed by atoms with Gasteiger partial charge in [-0.15, -0.1) is 0 Å². The van der Waals surface area contributed by atoms with E-state index in [4.69, 9.17) is 0 Å². The molecule has 1 aliphatic carbocycles. The van der Waals surface area contributed by atoms with Crippen LogP contribution in [0.5, 0.6) is 0 Å². The Balaban J connectivity index is 2.03. The van der Waals surface area contributed by atoms with Crippen molar-refractivity contribution < 1.29 is 0 Å². The van der Waals surface area contributed by atoms with Gasteiger partial charge in [0.15, 0.2) is 0 Å². The Labute approximate surface area is 88.5 Å². The van der Waals surface area contributed by atoms with Crippen LogP contribution in [-0.4, -0.2) is 4.83 Å². The fraction of sp³-hybridized carbons (Fsp3) is 0.500. The number of hydrogen-bond acceptors (Lipinski definition) is 0. The highest BCUT2D eigenvalue weighted by molar-refractivity contribution is 9.09. The standard InChI is InChI=1S/C12H15Br/c1-9-4-2-3-5-11(9)8-12(13)10-6-7-10/h2-5,10,12H,6-8H2,1H3. The summed E-state index contributed by atoms with van der Waals surface area (Å²) in [7, 11) is 0. The van der Waals surface area contributed by atoms with Crippen LogP contribution in [0.15, 0.2) is 24.3 Å². The Morgan fingerprint density at radius 3 is 2.69 bits per heavy atom. The van der Waals surface area contributed by atoms with Crippen molar-refractivity contribution in [2.75, 3.05) is 0 Å². The second kappa shape index (κ2) is 3.83. The van der Waals surface area contributed by atoms with Gasteiger partial charge in [-0.1, -0.05) is 40.2 Å². The van der Waals surface area contributed by atoms with E-state index in [0.717, 1.165) is 5.92 Å². The summed E-state index contributed by atoms with van der Waals surface area (Å²) in [6.45, 7) is 2.20. The van der Waals surface area contributed by atoms with Crippen LogP contribution in [0.2, 0.25) is 0 Å². The van der Waals surface area contributed by atoms with Crippen molar-refractivity contribution >= 4 is 15.9 Å². The lowest BCUT2D eigenvalue weighted by Gasteiger charge is -2.10. The van der Waals surface area contributed by atoms with Crippen LogP contribution in [0.1, 0.15) is 24.0 Å². The van der Waals surface area contributed by atoms with Gasteiger partial charge in [0.25, 0.3) is 0 Å². The molecule has 0 radical (unpaired) electrons. The van der Waals surface area contributed by atoms with Crippen molar-refractivity contribution in [2.24, 2.45) is 5.92 Å². The number of alkyl halides is 1. The lowest BCUT2D eigenvalue weighted by atomic mass is 10.0. The van der Waals surface area contributed by atoms with Crippen LogP contribution in [0.25, 0.3) is 0 Å². The summed E-state index contributed by atoms with van der Waals surface area (Å²) in [5, 5.41) is 0. The van der Waals surface area contributed by atoms with Crippen molar-refractivity contribution in [3.05, 3.63) is 35.4 Å². The predicted molar refractivity (Wildman–Crippen MR) is 60.3 cm³/mol. The molecule has 1 aromatic rings. The summed E-state index contributed by atoms with van der Waals surface area (Å²) in [4.78, 5) is 0.702. The Hall–Kier alpha value is -0.300.